The molecule has 0 N–H and O–H groups in total. The van der Waals surface area contributed by atoms with Crippen molar-refractivity contribution in [2.45, 2.75) is 0 Å². The molecule has 0 aliphatic carbocycles. The summed E-state index contributed by atoms with van der Waals surface area (Å²) in [7, 11) is 0. The van der Waals surface area contributed by atoms with Crippen molar-refractivity contribution in [2.75, 3.05) is 0 Å². The Kier molecular flexibility index (Phi) is 4.42. The number of hydrogen-bond acceptors (Lipinski definition) is 4. The van der Waals surface area contributed by atoms with Crippen molar-refractivity contribution in [1.29, 1.82) is 0 Å². The highest BCUT2D eigenvalue weighted by Crippen LogP contribution is 2.30. The molecule has 0 aliphatic rings. The van der Waals surface area contributed by atoms with Gasteiger partial charge in [0.15, 0.2) is 0 Å². The van der Waals surface area contributed by atoms with E-state index >= 15 is 0 Å². The number of fused-ring (bicyclic) bond motifs is 4. The summed E-state index contributed by atoms with van der Waals surface area (Å²) < 4.78 is 11.4. The fourth-order valence-electron chi connectivity index (χ4n) is 4.87. The second kappa shape index (κ2) is 7.79. The van der Waals surface area contributed by atoms with Gasteiger partial charge in [0.1, 0.15) is 11.2 Å². The molecule has 0 atom stereocenters. The Bertz CT molecular complexity index is 1950. The molecule has 170 valence electrons. The number of hydrogen-bond donors (Lipinski definition) is 0. The third-order valence-electron chi connectivity index (χ3n) is 6.69. The molecule has 2 aromatic heterocycles. The lowest BCUT2D eigenvalue weighted by Gasteiger charge is -2.08. The third kappa shape index (κ3) is 3.31. The van der Waals surface area contributed by atoms with Gasteiger partial charge in [-0.1, -0.05) is 66.7 Å². The molecule has 4 nitrogen and oxygen atoms in total. The molecule has 4 heteroatoms. The highest BCUT2D eigenvalue weighted by molar-refractivity contribution is 5.98. The van der Waals surface area contributed by atoms with E-state index < -0.39 is 11.3 Å². The first kappa shape index (κ1) is 20.4. The van der Waals surface area contributed by atoms with Gasteiger partial charge in [-0.25, -0.2) is 9.59 Å². The van der Waals surface area contributed by atoms with Crippen LogP contribution < -0.4 is 11.3 Å². The van der Waals surface area contributed by atoms with E-state index in [1.807, 2.05) is 109 Å². The van der Waals surface area contributed by atoms with Gasteiger partial charge in [0.05, 0.1) is 11.1 Å². The van der Waals surface area contributed by atoms with Crippen LogP contribution in [-0.2, 0) is 0 Å². The Morgan fingerprint density at radius 2 is 0.806 bits per heavy atom. The summed E-state index contributed by atoms with van der Waals surface area (Å²) in [6.45, 7) is 0. The SMILES string of the molecule is O=c1oc2cc3ccccc3cc2cc1-c1cccc(-c2cc3cc4ccccc4cc3oc2=O)c1. The van der Waals surface area contributed by atoms with Crippen molar-refractivity contribution in [1.82, 2.24) is 0 Å². The lowest BCUT2D eigenvalue weighted by Crippen LogP contribution is -2.04. The fraction of sp³-hybridized carbons (Fsp3) is 0. The Morgan fingerprint density at radius 1 is 0.389 bits per heavy atom. The van der Waals surface area contributed by atoms with Crippen molar-refractivity contribution >= 4 is 43.5 Å². The lowest BCUT2D eigenvalue weighted by atomic mass is 9.98. The summed E-state index contributed by atoms with van der Waals surface area (Å²) in [6.07, 6.45) is 0. The average Bonchev–Trinajstić information content (AvgIpc) is 2.90. The van der Waals surface area contributed by atoms with Crippen molar-refractivity contribution in [3.8, 4) is 22.3 Å². The van der Waals surface area contributed by atoms with Gasteiger partial charge in [0, 0.05) is 10.8 Å². The average molecular weight is 466 g/mol. The van der Waals surface area contributed by atoms with E-state index in [9.17, 15) is 9.59 Å². The van der Waals surface area contributed by atoms with Crippen LogP contribution in [-0.4, -0.2) is 0 Å². The number of benzene rings is 5. The van der Waals surface area contributed by atoms with E-state index in [0.717, 1.165) is 32.3 Å². The van der Waals surface area contributed by atoms with Gasteiger partial charge in [0.25, 0.3) is 0 Å². The Hall–Kier alpha value is -4.96. The summed E-state index contributed by atoms with van der Waals surface area (Å²) >= 11 is 0. The molecule has 0 fully saturated rings. The first-order valence-corrected chi connectivity index (χ1v) is 11.7. The van der Waals surface area contributed by atoms with Crippen LogP contribution in [0.15, 0.2) is 128 Å². The molecule has 7 aromatic rings. The maximum Gasteiger partial charge on any atom is 0.344 e. The van der Waals surface area contributed by atoms with Crippen LogP contribution >= 0.6 is 0 Å². The van der Waals surface area contributed by atoms with Crippen LogP contribution in [0.5, 0.6) is 0 Å². The molecule has 2 heterocycles. The Labute approximate surface area is 204 Å². The fourth-order valence-corrected chi connectivity index (χ4v) is 4.87. The molecule has 0 bridgehead atoms. The summed E-state index contributed by atoms with van der Waals surface area (Å²) in [5, 5.41) is 5.84. The topological polar surface area (TPSA) is 60.4 Å². The predicted octanol–water partition coefficient (Wildman–Crippen LogP) is 7.54. The van der Waals surface area contributed by atoms with Crippen LogP contribution in [0, 0.1) is 0 Å². The Morgan fingerprint density at radius 3 is 1.25 bits per heavy atom. The van der Waals surface area contributed by atoms with Crippen molar-refractivity contribution in [2.24, 2.45) is 0 Å². The zero-order valence-electron chi connectivity index (χ0n) is 19.0. The van der Waals surface area contributed by atoms with E-state index in [-0.39, 0.29) is 0 Å². The van der Waals surface area contributed by atoms with Gasteiger partial charge in [-0.2, -0.15) is 0 Å². The summed E-state index contributed by atoms with van der Waals surface area (Å²) in [6, 6.07) is 34.8. The van der Waals surface area contributed by atoms with Crippen LogP contribution in [0.4, 0.5) is 0 Å². The molecule has 0 aliphatic heterocycles. The summed E-state index contributed by atoms with van der Waals surface area (Å²) in [5.74, 6) is 0. The molecule has 0 radical (unpaired) electrons. The second-order valence-corrected chi connectivity index (χ2v) is 8.95. The Balaban J connectivity index is 1.38. The highest BCUT2D eigenvalue weighted by atomic mass is 16.4. The maximum atomic E-state index is 12.9. The van der Waals surface area contributed by atoms with Crippen LogP contribution in [0.1, 0.15) is 0 Å². The van der Waals surface area contributed by atoms with E-state index in [0.29, 0.717) is 33.4 Å². The van der Waals surface area contributed by atoms with E-state index in [2.05, 4.69) is 0 Å². The molecule has 36 heavy (non-hydrogen) atoms. The minimum Gasteiger partial charge on any atom is -0.422 e. The van der Waals surface area contributed by atoms with Gasteiger partial charge in [-0.15, -0.1) is 0 Å². The standard InChI is InChI=1S/C32H18O4/c33-31-27(15-25-12-19-6-1-3-8-21(19)17-29(25)35-31)23-10-5-11-24(14-23)28-16-26-13-20-7-2-4-9-22(20)18-30(26)36-32(28)34/h1-18H. The zero-order valence-corrected chi connectivity index (χ0v) is 19.0. The molecule has 5 aromatic carbocycles. The predicted molar refractivity (Wildman–Crippen MR) is 144 cm³/mol. The van der Waals surface area contributed by atoms with E-state index in [4.69, 9.17) is 8.83 Å². The van der Waals surface area contributed by atoms with Gasteiger partial charge >= 0.3 is 11.3 Å². The molecule has 0 unspecified atom stereocenters. The van der Waals surface area contributed by atoms with Crippen LogP contribution in [0.2, 0.25) is 0 Å². The summed E-state index contributed by atoms with van der Waals surface area (Å²) in [5.41, 5.74) is 2.47. The first-order valence-electron chi connectivity index (χ1n) is 11.7. The second-order valence-electron chi connectivity index (χ2n) is 8.95. The van der Waals surface area contributed by atoms with Gasteiger partial charge in [-0.3, -0.25) is 0 Å². The van der Waals surface area contributed by atoms with Crippen LogP contribution in [0.25, 0.3) is 65.7 Å². The van der Waals surface area contributed by atoms with Gasteiger partial charge in [0.2, 0.25) is 0 Å². The monoisotopic (exact) mass is 466 g/mol. The lowest BCUT2D eigenvalue weighted by molar-refractivity contribution is 0.564. The van der Waals surface area contributed by atoms with Gasteiger partial charge in [-0.05, 0) is 75.1 Å². The quantitative estimate of drug-likeness (QED) is 0.195. The van der Waals surface area contributed by atoms with Gasteiger partial charge < -0.3 is 8.83 Å². The smallest absolute Gasteiger partial charge is 0.344 e. The third-order valence-corrected chi connectivity index (χ3v) is 6.69. The largest absolute Gasteiger partial charge is 0.422 e. The molecule has 7 rings (SSSR count). The highest BCUT2D eigenvalue weighted by Gasteiger charge is 2.13. The molecular weight excluding hydrogens is 448 g/mol. The zero-order chi connectivity index (χ0) is 24.2. The van der Waals surface area contributed by atoms with Crippen LogP contribution in [0.3, 0.4) is 0 Å². The minimum absolute atomic E-state index is 0.424. The van der Waals surface area contributed by atoms with E-state index in [1.54, 1.807) is 0 Å². The molecular formula is C32H18O4. The maximum absolute atomic E-state index is 12.9. The van der Waals surface area contributed by atoms with Crippen molar-refractivity contribution in [3.63, 3.8) is 0 Å². The minimum atomic E-state index is -0.424. The first-order chi connectivity index (χ1) is 17.6. The van der Waals surface area contributed by atoms with Crippen molar-refractivity contribution < 1.29 is 8.83 Å². The molecule has 0 amide bonds. The van der Waals surface area contributed by atoms with Crippen molar-refractivity contribution in [3.05, 3.63) is 130 Å². The summed E-state index contributed by atoms with van der Waals surface area (Å²) in [4.78, 5) is 25.9. The normalized spacial score (nSPS) is 11.6. The number of rotatable bonds is 2. The molecule has 0 saturated carbocycles. The van der Waals surface area contributed by atoms with E-state index in [1.165, 1.54) is 0 Å². The molecule has 0 saturated heterocycles. The molecule has 0 spiro atoms.